The number of aryl methyl sites for hydroxylation is 2. The number of nitrogens with zero attached hydrogens (tertiary/aromatic N) is 1. The van der Waals surface area contributed by atoms with Crippen LogP contribution in [0.15, 0.2) is 58.3 Å². The topological polar surface area (TPSA) is 55.1 Å². The van der Waals surface area contributed by atoms with Crippen LogP contribution in [0.3, 0.4) is 0 Å². The van der Waals surface area contributed by atoms with Crippen LogP contribution >= 0.6 is 11.3 Å². The number of anilines is 1. The van der Waals surface area contributed by atoms with Crippen molar-refractivity contribution >= 4 is 33.3 Å². The molecule has 0 radical (unpaired) electrons. The van der Waals surface area contributed by atoms with Crippen molar-refractivity contribution in [3.05, 3.63) is 70.6 Å². The average Bonchev–Trinajstić information content (AvgIpc) is 3.34. The minimum atomic E-state index is -0.117. The molecular weight excluding hydrogens is 356 g/mol. The zero-order chi connectivity index (χ0) is 18.2. The number of hydrogen-bond donors (Lipinski definition) is 1. The Bertz CT molecular complexity index is 1110. The Balaban J connectivity index is 1.36. The molecule has 1 aliphatic carbocycles. The molecule has 0 unspecified atom stereocenters. The maximum atomic E-state index is 12.6. The van der Waals surface area contributed by atoms with Crippen LogP contribution in [0.1, 0.15) is 34.3 Å². The van der Waals surface area contributed by atoms with E-state index in [0.29, 0.717) is 16.5 Å². The van der Waals surface area contributed by atoms with E-state index in [9.17, 15) is 4.79 Å². The molecule has 27 heavy (non-hydrogen) atoms. The number of carbonyl (C=O) groups is 1. The SMILES string of the molecule is O=C(Nc1nc(-c2cc3ccccc3o2)cs1)c1ccc2c(c1)CCCC2. The van der Waals surface area contributed by atoms with Crippen LogP contribution in [-0.4, -0.2) is 10.9 Å². The lowest BCUT2D eigenvalue weighted by atomic mass is 9.90. The minimum absolute atomic E-state index is 0.117. The van der Waals surface area contributed by atoms with Gasteiger partial charge in [-0.2, -0.15) is 0 Å². The molecule has 5 rings (SSSR count). The van der Waals surface area contributed by atoms with E-state index in [-0.39, 0.29) is 5.91 Å². The molecule has 0 atom stereocenters. The van der Waals surface area contributed by atoms with E-state index in [4.69, 9.17) is 4.42 Å². The van der Waals surface area contributed by atoms with Crippen molar-refractivity contribution in [2.45, 2.75) is 25.7 Å². The number of benzene rings is 2. The monoisotopic (exact) mass is 374 g/mol. The molecule has 1 amide bonds. The Morgan fingerprint density at radius 1 is 1.04 bits per heavy atom. The van der Waals surface area contributed by atoms with Crippen LogP contribution in [0.5, 0.6) is 0 Å². The summed E-state index contributed by atoms with van der Waals surface area (Å²) in [5.74, 6) is 0.593. The van der Waals surface area contributed by atoms with Gasteiger partial charge in [0.1, 0.15) is 11.3 Å². The lowest BCUT2D eigenvalue weighted by Gasteiger charge is -2.16. The van der Waals surface area contributed by atoms with Crippen LogP contribution in [0.2, 0.25) is 0 Å². The number of nitrogens with one attached hydrogen (secondary N) is 1. The summed E-state index contributed by atoms with van der Waals surface area (Å²) < 4.78 is 5.85. The summed E-state index contributed by atoms with van der Waals surface area (Å²) in [6, 6.07) is 15.9. The summed E-state index contributed by atoms with van der Waals surface area (Å²) in [7, 11) is 0. The number of carbonyl (C=O) groups excluding carboxylic acids is 1. The third kappa shape index (κ3) is 3.15. The van der Waals surface area contributed by atoms with Gasteiger partial charge in [0.2, 0.25) is 0 Å². The quantitative estimate of drug-likeness (QED) is 0.501. The summed E-state index contributed by atoms with van der Waals surface area (Å²) in [5.41, 5.74) is 4.93. The van der Waals surface area contributed by atoms with E-state index in [0.717, 1.165) is 29.5 Å². The second-order valence-corrected chi connectivity index (χ2v) is 7.69. The first-order valence-electron chi connectivity index (χ1n) is 9.14. The molecule has 0 spiro atoms. The molecule has 2 aromatic carbocycles. The molecular formula is C22H18N2O2S. The molecule has 1 aliphatic rings. The Morgan fingerprint density at radius 2 is 1.89 bits per heavy atom. The van der Waals surface area contributed by atoms with Crippen LogP contribution in [0.4, 0.5) is 5.13 Å². The lowest BCUT2D eigenvalue weighted by molar-refractivity contribution is 0.102. The number of para-hydroxylation sites is 1. The van der Waals surface area contributed by atoms with Gasteiger partial charge in [0.15, 0.2) is 10.9 Å². The fraction of sp³-hybridized carbons (Fsp3) is 0.182. The molecule has 0 bridgehead atoms. The summed E-state index contributed by atoms with van der Waals surface area (Å²) in [5, 5.41) is 6.44. The van der Waals surface area contributed by atoms with E-state index < -0.39 is 0 Å². The maximum absolute atomic E-state index is 12.6. The number of rotatable bonds is 3. The fourth-order valence-corrected chi connectivity index (χ4v) is 4.29. The Kier molecular flexibility index (Phi) is 4.02. The van der Waals surface area contributed by atoms with Crippen molar-refractivity contribution < 1.29 is 9.21 Å². The van der Waals surface area contributed by atoms with Crippen molar-refractivity contribution in [2.24, 2.45) is 0 Å². The molecule has 4 nitrogen and oxygen atoms in total. The molecule has 5 heteroatoms. The Labute approximate surface area is 160 Å². The highest BCUT2D eigenvalue weighted by molar-refractivity contribution is 7.14. The normalized spacial score (nSPS) is 13.5. The molecule has 0 saturated carbocycles. The number of fused-ring (bicyclic) bond motifs is 2. The predicted molar refractivity (Wildman–Crippen MR) is 108 cm³/mol. The molecule has 0 aliphatic heterocycles. The standard InChI is InChI=1S/C22H18N2O2S/c25-21(17-10-9-14-5-1-2-6-15(14)11-17)24-22-23-18(13-27-22)20-12-16-7-3-4-8-19(16)26-20/h3-4,7-13H,1-2,5-6H2,(H,23,24,25). The number of aromatic nitrogens is 1. The number of hydrogen-bond acceptors (Lipinski definition) is 4. The first-order chi connectivity index (χ1) is 13.3. The molecule has 2 heterocycles. The van der Waals surface area contributed by atoms with Gasteiger partial charge in [0.25, 0.3) is 5.91 Å². The van der Waals surface area contributed by atoms with Crippen molar-refractivity contribution in [1.82, 2.24) is 4.98 Å². The largest absolute Gasteiger partial charge is 0.454 e. The van der Waals surface area contributed by atoms with Crippen molar-refractivity contribution in [3.8, 4) is 11.5 Å². The summed E-state index contributed by atoms with van der Waals surface area (Å²) in [6.45, 7) is 0. The Morgan fingerprint density at radius 3 is 2.78 bits per heavy atom. The van der Waals surface area contributed by atoms with Gasteiger partial charge in [-0.05, 0) is 61.1 Å². The van der Waals surface area contributed by atoms with Gasteiger partial charge in [-0.25, -0.2) is 4.98 Å². The molecule has 0 saturated heterocycles. The van der Waals surface area contributed by atoms with Crippen molar-refractivity contribution in [3.63, 3.8) is 0 Å². The third-order valence-electron chi connectivity index (χ3n) is 5.01. The molecule has 0 fully saturated rings. The minimum Gasteiger partial charge on any atom is -0.454 e. The fourth-order valence-electron chi connectivity index (χ4n) is 3.60. The van der Waals surface area contributed by atoms with Gasteiger partial charge < -0.3 is 4.42 Å². The van der Waals surface area contributed by atoms with Gasteiger partial charge in [-0.1, -0.05) is 24.3 Å². The van der Waals surface area contributed by atoms with Crippen molar-refractivity contribution in [2.75, 3.05) is 5.32 Å². The average molecular weight is 374 g/mol. The predicted octanol–water partition coefficient (Wildman–Crippen LogP) is 5.69. The first-order valence-corrected chi connectivity index (χ1v) is 10.0. The van der Waals surface area contributed by atoms with Crippen LogP contribution in [-0.2, 0) is 12.8 Å². The summed E-state index contributed by atoms with van der Waals surface area (Å²) in [4.78, 5) is 17.1. The number of thiazole rings is 1. The highest BCUT2D eigenvalue weighted by atomic mass is 32.1. The van der Waals surface area contributed by atoms with Gasteiger partial charge in [-0.15, -0.1) is 11.3 Å². The smallest absolute Gasteiger partial charge is 0.257 e. The van der Waals surface area contributed by atoms with E-state index in [1.807, 2.05) is 47.8 Å². The van der Waals surface area contributed by atoms with Gasteiger partial charge in [-0.3, -0.25) is 10.1 Å². The highest BCUT2D eigenvalue weighted by Crippen LogP contribution is 2.30. The molecule has 1 N–H and O–H groups in total. The second-order valence-electron chi connectivity index (χ2n) is 6.83. The molecule has 134 valence electrons. The number of furan rings is 1. The van der Waals surface area contributed by atoms with E-state index in [1.54, 1.807) is 0 Å². The van der Waals surface area contributed by atoms with Crippen LogP contribution < -0.4 is 5.32 Å². The summed E-state index contributed by atoms with van der Waals surface area (Å²) in [6.07, 6.45) is 4.61. The van der Waals surface area contributed by atoms with Gasteiger partial charge in [0.05, 0.1) is 0 Å². The lowest BCUT2D eigenvalue weighted by Crippen LogP contribution is -2.13. The highest BCUT2D eigenvalue weighted by Gasteiger charge is 2.15. The molecule has 2 aromatic heterocycles. The van der Waals surface area contributed by atoms with Crippen LogP contribution in [0.25, 0.3) is 22.4 Å². The van der Waals surface area contributed by atoms with Crippen LogP contribution in [0, 0.1) is 0 Å². The van der Waals surface area contributed by atoms with Crippen molar-refractivity contribution in [1.29, 1.82) is 0 Å². The van der Waals surface area contributed by atoms with E-state index in [2.05, 4.69) is 16.4 Å². The van der Waals surface area contributed by atoms with Gasteiger partial charge >= 0.3 is 0 Å². The van der Waals surface area contributed by atoms with E-state index >= 15 is 0 Å². The second kappa shape index (κ2) is 6.67. The zero-order valence-corrected chi connectivity index (χ0v) is 15.5. The zero-order valence-electron chi connectivity index (χ0n) is 14.7. The Hall–Kier alpha value is -2.92. The first kappa shape index (κ1) is 16.3. The number of amides is 1. The van der Waals surface area contributed by atoms with Gasteiger partial charge in [0, 0.05) is 16.3 Å². The van der Waals surface area contributed by atoms with E-state index in [1.165, 1.54) is 35.3 Å². The third-order valence-corrected chi connectivity index (χ3v) is 5.77. The molecule has 4 aromatic rings. The summed E-state index contributed by atoms with van der Waals surface area (Å²) >= 11 is 1.40. The maximum Gasteiger partial charge on any atom is 0.257 e.